The zero-order valence-corrected chi connectivity index (χ0v) is 18.2. The Kier molecular flexibility index (Phi) is 5.62. The number of hydrogen-bond acceptors (Lipinski definition) is 8. The highest BCUT2D eigenvalue weighted by atomic mass is 16.2. The standard InChI is InChI=1S/C23H23N9O/c1-17-9-10-24-21(15-17)26-20-7-8-22(28-27-20)30-11-13-31(14-12-30)23(33)19-16-25-32(29-19)18-5-3-2-4-6-18/h2-10,15-16H,11-14H2,1H3,(H,24,26,27). The monoisotopic (exact) mass is 441 g/mol. The van der Waals surface area contributed by atoms with Crippen LogP contribution in [0.3, 0.4) is 0 Å². The van der Waals surface area contributed by atoms with Crippen LogP contribution in [-0.2, 0) is 0 Å². The highest BCUT2D eigenvalue weighted by Crippen LogP contribution is 2.18. The van der Waals surface area contributed by atoms with E-state index in [2.05, 4.69) is 35.6 Å². The Morgan fingerprint density at radius 3 is 2.48 bits per heavy atom. The molecule has 0 aliphatic carbocycles. The third-order valence-corrected chi connectivity index (χ3v) is 5.41. The Balaban J connectivity index is 1.18. The SMILES string of the molecule is Cc1ccnc(Nc2ccc(N3CCN(C(=O)c4cnn(-c5ccccc5)n4)CC3)nn2)c1. The zero-order chi connectivity index (χ0) is 22.6. The van der Waals surface area contributed by atoms with Crippen molar-refractivity contribution in [3.8, 4) is 5.69 Å². The van der Waals surface area contributed by atoms with Gasteiger partial charge in [-0.1, -0.05) is 18.2 Å². The molecule has 4 aromatic rings. The third-order valence-electron chi connectivity index (χ3n) is 5.41. The molecule has 1 aromatic carbocycles. The number of aryl methyl sites for hydroxylation is 1. The number of piperazine rings is 1. The van der Waals surface area contributed by atoms with Gasteiger partial charge in [0.1, 0.15) is 5.82 Å². The van der Waals surface area contributed by atoms with Gasteiger partial charge in [0, 0.05) is 32.4 Å². The van der Waals surface area contributed by atoms with Crippen molar-refractivity contribution in [3.05, 3.63) is 78.2 Å². The van der Waals surface area contributed by atoms with Crippen molar-refractivity contribution in [1.82, 2.24) is 35.1 Å². The summed E-state index contributed by atoms with van der Waals surface area (Å²) in [5, 5.41) is 20.3. The number of nitrogens with one attached hydrogen (secondary N) is 1. The van der Waals surface area contributed by atoms with E-state index in [-0.39, 0.29) is 5.91 Å². The third kappa shape index (κ3) is 4.64. The van der Waals surface area contributed by atoms with Crippen LogP contribution in [0.2, 0.25) is 0 Å². The van der Waals surface area contributed by atoms with Gasteiger partial charge in [-0.3, -0.25) is 4.79 Å². The number of hydrogen-bond donors (Lipinski definition) is 1. The van der Waals surface area contributed by atoms with Gasteiger partial charge in [-0.25, -0.2) is 4.98 Å². The van der Waals surface area contributed by atoms with Gasteiger partial charge < -0.3 is 15.1 Å². The van der Waals surface area contributed by atoms with Gasteiger partial charge in [0.25, 0.3) is 5.91 Å². The summed E-state index contributed by atoms with van der Waals surface area (Å²) in [6.45, 7) is 4.49. The minimum absolute atomic E-state index is 0.117. The van der Waals surface area contributed by atoms with Crippen LogP contribution in [0.15, 0.2) is 67.0 Å². The molecule has 1 fully saturated rings. The molecule has 0 atom stereocenters. The quantitative estimate of drug-likeness (QED) is 0.504. The fourth-order valence-electron chi connectivity index (χ4n) is 3.64. The molecule has 10 heteroatoms. The van der Waals surface area contributed by atoms with Crippen molar-refractivity contribution < 1.29 is 4.79 Å². The maximum absolute atomic E-state index is 12.9. The number of pyridine rings is 1. The summed E-state index contributed by atoms with van der Waals surface area (Å²) in [6, 6.07) is 17.2. The normalized spacial score (nSPS) is 13.7. The van der Waals surface area contributed by atoms with E-state index < -0.39 is 0 Å². The molecule has 1 N–H and O–H groups in total. The topological polar surface area (TPSA) is 105 Å². The predicted octanol–water partition coefficient (Wildman–Crippen LogP) is 2.47. The van der Waals surface area contributed by atoms with Crippen LogP contribution in [-0.4, -0.2) is 67.2 Å². The summed E-state index contributed by atoms with van der Waals surface area (Å²) in [7, 11) is 0. The second kappa shape index (κ2) is 9.03. The molecule has 1 amide bonds. The average molecular weight is 441 g/mol. The number of amides is 1. The number of anilines is 3. The second-order valence-corrected chi connectivity index (χ2v) is 7.75. The van der Waals surface area contributed by atoms with E-state index >= 15 is 0 Å². The van der Waals surface area contributed by atoms with E-state index in [0.717, 1.165) is 22.9 Å². The molecule has 33 heavy (non-hydrogen) atoms. The van der Waals surface area contributed by atoms with E-state index in [4.69, 9.17) is 0 Å². The number of carbonyl (C=O) groups is 1. The average Bonchev–Trinajstić information content (AvgIpc) is 3.35. The van der Waals surface area contributed by atoms with Crippen molar-refractivity contribution in [2.45, 2.75) is 6.92 Å². The lowest BCUT2D eigenvalue weighted by Crippen LogP contribution is -2.49. The molecule has 5 rings (SSSR count). The molecule has 0 saturated carbocycles. The molecular formula is C23H23N9O. The number of nitrogens with zero attached hydrogens (tertiary/aromatic N) is 8. The smallest absolute Gasteiger partial charge is 0.276 e. The maximum atomic E-state index is 12.9. The molecule has 0 bridgehead atoms. The molecule has 10 nitrogen and oxygen atoms in total. The number of aromatic nitrogens is 6. The summed E-state index contributed by atoms with van der Waals surface area (Å²) in [6.07, 6.45) is 3.27. The van der Waals surface area contributed by atoms with Crippen LogP contribution < -0.4 is 10.2 Å². The van der Waals surface area contributed by atoms with Gasteiger partial charge in [0.2, 0.25) is 0 Å². The molecule has 4 heterocycles. The molecule has 1 aliphatic heterocycles. The largest absolute Gasteiger partial charge is 0.352 e. The second-order valence-electron chi connectivity index (χ2n) is 7.75. The van der Waals surface area contributed by atoms with Crippen LogP contribution in [0.5, 0.6) is 0 Å². The molecule has 0 radical (unpaired) electrons. The first-order chi connectivity index (χ1) is 16.2. The van der Waals surface area contributed by atoms with Gasteiger partial charge >= 0.3 is 0 Å². The summed E-state index contributed by atoms with van der Waals surface area (Å²) in [4.78, 5) is 22.5. The highest BCUT2D eigenvalue weighted by Gasteiger charge is 2.25. The van der Waals surface area contributed by atoms with Crippen LogP contribution in [0.25, 0.3) is 5.69 Å². The zero-order valence-electron chi connectivity index (χ0n) is 18.2. The lowest BCUT2D eigenvalue weighted by Gasteiger charge is -2.34. The first-order valence-electron chi connectivity index (χ1n) is 10.7. The molecule has 1 aliphatic rings. The van der Waals surface area contributed by atoms with E-state index in [1.165, 1.54) is 11.0 Å². The maximum Gasteiger partial charge on any atom is 0.276 e. The molecule has 0 unspecified atom stereocenters. The fourth-order valence-corrected chi connectivity index (χ4v) is 3.64. The van der Waals surface area contributed by atoms with Gasteiger partial charge in [-0.15, -0.1) is 15.3 Å². The van der Waals surface area contributed by atoms with Crippen molar-refractivity contribution in [2.75, 3.05) is 36.4 Å². The lowest BCUT2D eigenvalue weighted by molar-refractivity contribution is 0.0740. The number of rotatable bonds is 5. The van der Waals surface area contributed by atoms with E-state index in [1.807, 2.05) is 61.5 Å². The van der Waals surface area contributed by atoms with Crippen LogP contribution >= 0.6 is 0 Å². The number of para-hydroxylation sites is 1. The van der Waals surface area contributed by atoms with Gasteiger partial charge in [-0.05, 0) is 48.9 Å². The summed E-state index contributed by atoms with van der Waals surface area (Å²) >= 11 is 0. The van der Waals surface area contributed by atoms with Gasteiger partial charge in [-0.2, -0.15) is 9.90 Å². The Morgan fingerprint density at radius 1 is 0.939 bits per heavy atom. The Labute approximate surface area is 190 Å². The lowest BCUT2D eigenvalue weighted by atomic mass is 10.3. The Bertz CT molecular complexity index is 1230. The molecule has 1 saturated heterocycles. The number of carbonyl (C=O) groups excluding carboxylic acids is 1. The minimum Gasteiger partial charge on any atom is -0.352 e. The predicted molar refractivity (Wildman–Crippen MR) is 124 cm³/mol. The van der Waals surface area contributed by atoms with Crippen molar-refractivity contribution in [1.29, 1.82) is 0 Å². The Morgan fingerprint density at radius 2 is 1.76 bits per heavy atom. The summed E-state index contributed by atoms with van der Waals surface area (Å²) < 4.78 is 0. The van der Waals surface area contributed by atoms with Crippen molar-refractivity contribution in [3.63, 3.8) is 0 Å². The minimum atomic E-state index is -0.117. The van der Waals surface area contributed by atoms with E-state index in [1.54, 1.807) is 11.1 Å². The van der Waals surface area contributed by atoms with E-state index in [9.17, 15) is 4.79 Å². The Hall–Kier alpha value is -4.34. The molecule has 3 aromatic heterocycles. The van der Waals surface area contributed by atoms with Crippen LogP contribution in [0, 0.1) is 6.92 Å². The van der Waals surface area contributed by atoms with Crippen LogP contribution in [0.1, 0.15) is 16.1 Å². The van der Waals surface area contributed by atoms with Crippen LogP contribution in [0.4, 0.5) is 17.5 Å². The summed E-state index contributed by atoms with van der Waals surface area (Å²) in [5.41, 5.74) is 2.27. The van der Waals surface area contributed by atoms with E-state index in [0.29, 0.717) is 37.7 Å². The fraction of sp³-hybridized carbons (Fsp3) is 0.217. The highest BCUT2D eigenvalue weighted by molar-refractivity contribution is 5.92. The van der Waals surface area contributed by atoms with Crippen molar-refractivity contribution in [2.24, 2.45) is 0 Å². The van der Waals surface area contributed by atoms with Crippen molar-refractivity contribution >= 4 is 23.4 Å². The first-order valence-corrected chi connectivity index (χ1v) is 10.7. The van der Waals surface area contributed by atoms with Gasteiger partial charge in [0.05, 0.1) is 11.9 Å². The molecule has 166 valence electrons. The number of benzene rings is 1. The first kappa shape index (κ1) is 20.6. The van der Waals surface area contributed by atoms with Gasteiger partial charge in [0.15, 0.2) is 17.3 Å². The molecule has 0 spiro atoms. The summed E-state index contributed by atoms with van der Waals surface area (Å²) in [5.74, 6) is 2.02. The molecular weight excluding hydrogens is 418 g/mol.